The monoisotopic (exact) mass is 486 g/mol. The number of pyridine rings is 1. The SMILES string of the molecule is CNCc1cc(-c2cccc(C#N)c2F)n(S(=O)(=O)c2cccnc2)c1.O=C(O)/C=C/C(=O)O. The minimum absolute atomic E-state index is 0.00953. The lowest BCUT2D eigenvalue weighted by Gasteiger charge is -2.11. The number of rotatable bonds is 7. The quantitative estimate of drug-likeness (QED) is 0.425. The van der Waals surface area contributed by atoms with E-state index in [1.54, 1.807) is 19.2 Å². The molecule has 0 saturated carbocycles. The molecule has 10 nitrogen and oxygen atoms in total. The number of nitriles is 1. The first-order valence-electron chi connectivity index (χ1n) is 9.46. The summed E-state index contributed by atoms with van der Waals surface area (Å²) in [5.74, 6) is -3.27. The van der Waals surface area contributed by atoms with Gasteiger partial charge in [-0.25, -0.2) is 26.4 Å². The van der Waals surface area contributed by atoms with Crippen LogP contribution in [0.25, 0.3) is 11.3 Å². The van der Waals surface area contributed by atoms with Crippen LogP contribution >= 0.6 is 0 Å². The summed E-state index contributed by atoms with van der Waals surface area (Å²) in [6.45, 7) is 0.405. The molecule has 0 bridgehead atoms. The van der Waals surface area contributed by atoms with Crippen molar-refractivity contribution in [1.29, 1.82) is 5.26 Å². The van der Waals surface area contributed by atoms with Crippen LogP contribution in [-0.4, -0.2) is 46.6 Å². The predicted molar refractivity (Wildman–Crippen MR) is 119 cm³/mol. The highest BCUT2D eigenvalue weighted by Crippen LogP contribution is 2.30. The maximum atomic E-state index is 14.7. The van der Waals surface area contributed by atoms with Crippen LogP contribution < -0.4 is 5.32 Å². The molecule has 3 N–H and O–H groups in total. The van der Waals surface area contributed by atoms with Gasteiger partial charge in [-0.2, -0.15) is 5.26 Å². The summed E-state index contributed by atoms with van der Waals surface area (Å²) in [7, 11) is -2.25. The molecule has 0 radical (unpaired) electrons. The number of aromatic nitrogens is 2. The van der Waals surface area contributed by atoms with Crippen molar-refractivity contribution in [3.8, 4) is 17.3 Å². The average molecular weight is 486 g/mol. The fourth-order valence-corrected chi connectivity index (χ4v) is 4.12. The molecule has 0 fully saturated rings. The van der Waals surface area contributed by atoms with Crippen molar-refractivity contribution in [2.45, 2.75) is 11.4 Å². The third kappa shape index (κ3) is 6.35. The Hall–Kier alpha value is -4.34. The lowest BCUT2D eigenvalue weighted by molar-refractivity contribution is -0.134. The smallest absolute Gasteiger partial charge is 0.328 e. The van der Waals surface area contributed by atoms with Crippen molar-refractivity contribution in [3.05, 3.63) is 84.1 Å². The minimum Gasteiger partial charge on any atom is -0.478 e. The van der Waals surface area contributed by atoms with Crippen molar-refractivity contribution >= 4 is 22.0 Å². The average Bonchev–Trinajstić information content (AvgIpc) is 3.24. The van der Waals surface area contributed by atoms with Gasteiger partial charge in [0, 0.05) is 42.9 Å². The van der Waals surface area contributed by atoms with Gasteiger partial charge in [-0.1, -0.05) is 6.07 Å². The number of nitrogens with one attached hydrogen (secondary N) is 1. The molecule has 0 saturated heterocycles. The molecule has 12 heteroatoms. The normalized spacial score (nSPS) is 10.9. The number of nitrogens with zero attached hydrogens (tertiary/aromatic N) is 3. The van der Waals surface area contributed by atoms with Crippen LogP contribution in [-0.2, 0) is 26.2 Å². The maximum Gasteiger partial charge on any atom is 0.328 e. The number of carboxylic acid groups (broad SMARTS) is 2. The van der Waals surface area contributed by atoms with Crippen LogP contribution in [0.5, 0.6) is 0 Å². The van der Waals surface area contributed by atoms with Gasteiger partial charge in [0.15, 0.2) is 0 Å². The molecule has 2 heterocycles. The highest BCUT2D eigenvalue weighted by molar-refractivity contribution is 7.90. The van der Waals surface area contributed by atoms with Gasteiger partial charge >= 0.3 is 11.9 Å². The van der Waals surface area contributed by atoms with Crippen LogP contribution in [0.2, 0.25) is 0 Å². The molecular formula is C22H19FN4O6S. The minimum atomic E-state index is -3.97. The van der Waals surface area contributed by atoms with Crippen LogP contribution in [0.15, 0.2) is 72.0 Å². The number of halogens is 1. The van der Waals surface area contributed by atoms with Crippen molar-refractivity contribution in [2.24, 2.45) is 0 Å². The van der Waals surface area contributed by atoms with E-state index in [1.165, 1.54) is 48.9 Å². The zero-order valence-corrected chi connectivity index (χ0v) is 18.5. The summed E-state index contributed by atoms with van der Waals surface area (Å²) in [6.07, 6.45) is 5.26. The maximum absolute atomic E-state index is 14.7. The standard InChI is InChI=1S/C18H15FN4O2S.C4H4O4/c1-21-10-13-8-17(16-6-2-4-14(9-20)18(16)19)23(12-13)26(24,25)15-5-3-7-22-11-15;5-3(6)1-2-4(7)8/h2-8,11-12,21H,10H2,1H3;1-2H,(H,5,6)(H,7,8)/b;2-1+. The fourth-order valence-electron chi connectivity index (χ4n) is 2.76. The van der Waals surface area contributed by atoms with Crippen LogP contribution in [0.1, 0.15) is 11.1 Å². The Kier molecular flexibility index (Phi) is 8.77. The second-order valence-corrected chi connectivity index (χ2v) is 8.36. The van der Waals surface area contributed by atoms with Gasteiger partial charge in [0.1, 0.15) is 16.8 Å². The Morgan fingerprint density at radius 1 is 1.21 bits per heavy atom. The Bertz CT molecular complexity index is 1350. The van der Waals surface area contributed by atoms with Crippen molar-refractivity contribution in [3.63, 3.8) is 0 Å². The van der Waals surface area contributed by atoms with E-state index in [2.05, 4.69) is 10.3 Å². The lowest BCUT2D eigenvalue weighted by Crippen LogP contribution is -2.14. The molecule has 1 aromatic carbocycles. The number of carbonyl (C=O) groups is 2. The van der Waals surface area contributed by atoms with Gasteiger partial charge in [-0.3, -0.25) is 4.98 Å². The lowest BCUT2D eigenvalue weighted by atomic mass is 10.1. The largest absolute Gasteiger partial charge is 0.478 e. The highest BCUT2D eigenvalue weighted by atomic mass is 32.2. The molecule has 34 heavy (non-hydrogen) atoms. The predicted octanol–water partition coefficient (Wildman–Crippen LogP) is 2.23. The fraction of sp³-hybridized carbons (Fsp3) is 0.0909. The van der Waals surface area contributed by atoms with Gasteiger partial charge in [0.25, 0.3) is 10.0 Å². The zero-order valence-electron chi connectivity index (χ0n) is 17.7. The molecule has 0 spiro atoms. The number of benzene rings is 1. The summed E-state index contributed by atoms with van der Waals surface area (Å²) >= 11 is 0. The molecule has 2 aromatic heterocycles. The van der Waals surface area contributed by atoms with E-state index in [9.17, 15) is 22.4 Å². The third-order valence-electron chi connectivity index (χ3n) is 4.18. The second-order valence-electron chi connectivity index (χ2n) is 6.54. The molecule has 0 unspecified atom stereocenters. The first kappa shape index (κ1) is 25.9. The highest BCUT2D eigenvalue weighted by Gasteiger charge is 2.24. The molecule has 0 aliphatic rings. The molecule has 176 valence electrons. The van der Waals surface area contributed by atoms with E-state index in [4.69, 9.17) is 15.5 Å². The van der Waals surface area contributed by atoms with E-state index in [1.807, 2.05) is 0 Å². The van der Waals surface area contributed by atoms with E-state index < -0.39 is 27.8 Å². The molecular weight excluding hydrogens is 467 g/mol. The van der Waals surface area contributed by atoms with Crippen LogP contribution in [0.3, 0.4) is 0 Å². The third-order valence-corrected chi connectivity index (χ3v) is 5.84. The van der Waals surface area contributed by atoms with Crippen molar-refractivity contribution < 1.29 is 32.6 Å². The first-order valence-corrected chi connectivity index (χ1v) is 10.9. The number of hydrogen-bond acceptors (Lipinski definition) is 7. The van der Waals surface area contributed by atoms with Gasteiger partial charge in [-0.05, 0) is 42.9 Å². The van der Waals surface area contributed by atoms with E-state index in [0.29, 0.717) is 24.3 Å². The molecule has 3 rings (SSSR count). The summed E-state index contributed by atoms with van der Waals surface area (Å²) in [6, 6.07) is 10.6. The van der Waals surface area contributed by atoms with Gasteiger partial charge in [-0.15, -0.1) is 0 Å². The van der Waals surface area contributed by atoms with Crippen LogP contribution in [0, 0.1) is 17.1 Å². The van der Waals surface area contributed by atoms with Crippen molar-refractivity contribution in [1.82, 2.24) is 14.3 Å². The van der Waals surface area contributed by atoms with Crippen molar-refractivity contribution in [2.75, 3.05) is 7.05 Å². The van der Waals surface area contributed by atoms with E-state index in [-0.39, 0.29) is 21.7 Å². The number of hydrogen-bond donors (Lipinski definition) is 3. The number of aliphatic carboxylic acids is 2. The second kappa shape index (κ2) is 11.5. The van der Waals surface area contributed by atoms with Gasteiger partial charge < -0.3 is 15.5 Å². The van der Waals surface area contributed by atoms with E-state index in [0.717, 1.165) is 3.97 Å². The summed E-state index contributed by atoms with van der Waals surface area (Å²) in [5, 5.41) is 27.6. The van der Waals surface area contributed by atoms with Gasteiger partial charge in [0.05, 0.1) is 11.3 Å². The number of carboxylic acids is 2. The Labute approximate surface area is 194 Å². The van der Waals surface area contributed by atoms with Crippen LogP contribution in [0.4, 0.5) is 4.39 Å². The summed E-state index contributed by atoms with van der Waals surface area (Å²) in [4.78, 5) is 22.9. The zero-order chi connectivity index (χ0) is 25.3. The molecule has 0 aliphatic carbocycles. The Balaban J connectivity index is 0.000000440. The Morgan fingerprint density at radius 2 is 1.88 bits per heavy atom. The molecule has 0 aliphatic heterocycles. The first-order chi connectivity index (χ1) is 16.1. The van der Waals surface area contributed by atoms with Gasteiger partial charge in [0.2, 0.25) is 0 Å². The summed E-state index contributed by atoms with van der Waals surface area (Å²) < 4.78 is 41.7. The summed E-state index contributed by atoms with van der Waals surface area (Å²) in [5.41, 5.74) is 0.702. The van der Waals surface area contributed by atoms with E-state index >= 15 is 0 Å². The molecule has 3 aromatic rings. The molecule has 0 amide bonds. The molecule has 0 atom stereocenters. The Morgan fingerprint density at radius 3 is 2.41 bits per heavy atom. The topological polar surface area (TPSA) is 162 Å².